The first-order chi connectivity index (χ1) is 12.4. The van der Waals surface area contributed by atoms with E-state index in [0.29, 0.717) is 11.1 Å². The van der Waals surface area contributed by atoms with E-state index in [2.05, 4.69) is 9.46 Å². The van der Waals surface area contributed by atoms with Crippen molar-refractivity contribution in [3.8, 4) is 0 Å². The minimum atomic E-state index is -4.13. The summed E-state index contributed by atoms with van der Waals surface area (Å²) in [5, 5.41) is 1.46. The molecule has 0 spiro atoms. The summed E-state index contributed by atoms with van der Waals surface area (Å²) in [6.45, 7) is 3.36. The van der Waals surface area contributed by atoms with Gasteiger partial charge in [0.2, 0.25) is 10.0 Å². The van der Waals surface area contributed by atoms with Crippen molar-refractivity contribution < 1.29 is 26.4 Å². The van der Waals surface area contributed by atoms with Gasteiger partial charge in [-0.3, -0.25) is 4.72 Å². The van der Waals surface area contributed by atoms with Crippen LogP contribution in [0.5, 0.6) is 0 Å². The first-order valence-electron chi connectivity index (χ1n) is 7.64. The first kappa shape index (κ1) is 21.4. The highest BCUT2D eigenvalue weighted by atomic mass is 32.2. The topological polar surface area (TPSA) is 110 Å². The third-order valence-corrected chi connectivity index (χ3v) is 8.18. The van der Waals surface area contributed by atoms with Gasteiger partial charge in [0.15, 0.2) is 0 Å². The molecule has 11 heteroatoms. The zero-order valence-corrected chi connectivity index (χ0v) is 17.9. The molecule has 0 atom stereocenters. The molecular weight excluding hydrogens is 412 g/mol. The summed E-state index contributed by atoms with van der Waals surface area (Å²) >= 11 is 0.942. The number of methoxy groups -OCH3 is 1. The fourth-order valence-corrected chi connectivity index (χ4v) is 5.71. The van der Waals surface area contributed by atoms with Crippen LogP contribution in [0.25, 0.3) is 0 Å². The van der Waals surface area contributed by atoms with E-state index in [4.69, 9.17) is 0 Å². The largest absolute Gasteiger partial charge is 0.465 e. The highest BCUT2D eigenvalue weighted by Gasteiger charge is 2.26. The number of ether oxygens (including phenoxy) is 1. The molecule has 2 rings (SSSR count). The van der Waals surface area contributed by atoms with E-state index < -0.39 is 26.0 Å². The van der Waals surface area contributed by atoms with Crippen molar-refractivity contribution in [2.45, 2.75) is 23.6 Å². The SMILES string of the molecule is COC(=O)c1sccc1S(=O)(=O)Nc1cc(S(=O)(=O)N(C)C)cc(C)c1C. The molecule has 0 aliphatic rings. The van der Waals surface area contributed by atoms with Gasteiger partial charge in [0.1, 0.15) is 9.77 Å². The van der Waals surface area contributed by atoms with Crippen molar-refractivity contribution in [3.05, 3.63) is 39.6 Å². The Labute approximate surface area is 162 Å². The summed E-state index contributed by atoms with van der Waals surface area (Å²) in [5.74, 6) is -0.762. The summed E-state index contributed by atoms with van der Waals surface area (Å²) in [5.41, 5.74) is 1.30. The molecule has 0 fully saturated rings. The van der Waals surface area contributed by atoms with E-state index in [1.807, 2.05) is 0 Å². The summed E-state index contributed by atoms with van der Waals surface area (Å²) in [6, 6.07) is 4.04. The fraction of sp³-hybridized carbons (Fsp3) is 0.312. The second kappa shape index (κ2) is 7.58. The molecule has 1 aromatic carbocycles. The van der Waals surface area contributed by atoms with Gasteiger partial charge in [0, 0.05) is 14.1 Å². The van der Waals surface area contributed by atoms with Crippen molar-refractivity contribution in [2.24, 2.45) is 0 Å². The molecule has 148 valence electrons. The maximum Gasteiger partial charge on any atom is 0.349 e. The number of rotatable bonds is 6. The normalized spacial score (nSPS) is 12.2. The maximum atomic E-state index is 12.8. The average molecular weight is 433 g/mol. The molecule has 0 amide bonds. The quantitative estimate of drug-likeness (QED) is 0.701. The lowest BCUT2D eigenvalue weighted by atomic mass is 10.1. The zero-order valence-electron chi connectivity index (χ0n) is 15.4. The molecule has 0 unspecified atom stereocenters. The van der Waals surface area contributed by atoms with Crippen LogP contribution < -0.4 is 4.72 Å². The minimum Gasteiger partial charge on any atom is -0.465 e. The predicted molar refractivity (Wildman–Crippen MR) is 103 cm³/mol. The molecule has 0 aliphatic heterocycles. The number of hydrogen-bond acceptors (Lipinski definition) is 7. The van der Waals surface area contributed by atoms with Crippen molar-refractivity contribution in [1.82, 2.24) is 4.31 Å². The molecule has 2 aromatic rings. The third-order valence-electron chi connectivity index (χ3n) is 3.95. The Bertz CT molecular complexity index is 1090. The van der Waals surface area contributed by atoms with E-state index in [-0.39, 0.29) is 20.4 Å². The van der Waals surface area contributed by atoms with Gasteiger partial charge in [-0.2, -0.15) is 0 Å². The molecule has 1 aromatic heterocycles. The van der Waals surface area contributed by atoms with Gasteiger partial charge in [-0.25, -0.2) is 25.9 Å². The fourth-order valence-electron chi connectivity index (χ4n) is 2.24. The summed E-state index contributed by atoms with van der Waals surface area (Å²) < 4.78 is 58.4. The molecule has 1 heterocycles. The second-order valence-corrected chi connectivity index (χ2v) is 10.6. The first-order valence-corrected chi connectivity index (χ1v) is 11.4. The Morgan fingerprint density at radius 3 is 2.33 bits per heavy atom. The standard InChI is InChI=1S/C16H20N2O6S3/c1-10-8-12(27(22,23)18(3)4)9-13(11(10)2)17-26(20,21)14-6-7-25-15(14)16(19)24-5/h6-9,17H,1-5H3. The number of hydrogen-bond donors (Lipinski definition) is 1. The van der Waals surface area contributed by atoms with E-state index in [1.165, 1.54) is 37.7 Å². The van der Waals surface area contributed by atoms with E-state index >= 15 is 0 Å². The van der Waals surface area contributed by atoms with Crippen LogP contribution in [0.4, 0.5) is 5.69 Å². The minimum absolute atomic E-state index is 0.0354. The van der Waals surface area contributed by atoms with Crippen LogP contribution in [0, 0.1) is 13.8 Å². The van der Waals surface area contributed by atoms with Crippen molar-refractivity contribution >= 4 is 43.0 Å². The Balaban J connectivity index is 2.56. The number of carbonyl (C=O) groups excluding carboxylic acids is 1. The number of nitrogens with zero attached hydrogens (tertiary/aromatic N) is 1. The Morgan fingerprint density at radius 2 is 1.78 bits per heavy atom. The number of thiophene rings is 1. The lowest BCUT2D eigenvalue weighted by Gasteiger charge is -2.17. The number of sulfonamides is 2. The number of anilines is 1. The van der Waals surface area contributed by atoms with Gasteiger partial charge in [-0.1, -0.05) is 0 Å². The second-order valence-electron chi connectivity index (χ2n) is 5.91. The van der Waals surface area contributed by atoms with Gasteiger partial charge < -0.3 is 4.74 Å². The van der Waals surface area contributed by atoms with Crippen LogP contribution >= 0.6 is 11.3 Å². The lowest BCUT2D eigenvalue weighted by molar-refractivity contribution is 0.0602. The van der Waals surface area contributed by atoms with Crippen LogP contribution in [0.2, 0.25) is 0 Å². The Hall–Kier alpha value is -1.95. The monoisotopic (exact) mass is 432 g/mol. The maximum absolute atomic E-state index is 12.8. The molecule has 0 bridgehead atoms. The number of benzene rings is 1. The van der Waals surface area contributed by atoms with Crippen molar-refractivity contribution in [1.29, 1.82) is 0 Å². The molecular formula is C16H20N2O6S3. The van der Waals surface area contributed by atoms with Gasteiger partial charge in [-0.15, -0.1) is 11.3 Å². The van der Waals surface area contributed by atoms with E-state index in [0.717, 1.165) is 22.8 Å². The molecule has 0 radical (unpaired) electrons. The number of esters is 1. The Morgan fingerprint density at radius 1 is 1.15 bits per heavy atom. The molecule has 0 aliphatic carbocycles. The van der Waals surface area contributed by atoms with Crippen LogP contribution in [-0.2, 0) is 24.8 Å². The van der Waals surface area contributed by atoms with Gasteiger partial charge in [-0.05, 0) is 48.6 Å². The highest BCUT2D eigenvalue weighted by molar-refractivity contribution is 7.93. The average Bonchev–Trinajstić information content (AvgIpc) is 3.08. The third kappa shape index (κ3) is 4.15. The molecule has 1 N–H and O–H groups in total. The molecule has 0 saturated carbocycles. The van der Waals surface area contributed by atoms with Gasteiger partial charge >= 0.3 is 5.97 Å². The zero-order chi connectivity index (χ0) is 20.6. The van der Waals surface area contributed by atoms with Crippen LogP contribution in [-0.4, -0.2) is 48.3 Å². The molecule has 27 heavy (non-hydrogen) atoms. The van der Waals surface area contributed by atoms with Gasteiger partial charge in [0.05, 0.1) is 17.7 Å². The summed E-state index contributed by atoms with van der Waals surface area (Å²) in [4.78, 5) is 11.5. The number of aryl methyl sites for hydroxylation is 1. The number of carbonyl (C=O) groups is 1. The van der Waals surface area contributed by atoms with Crippen LogP contribution in [0.1, 0.15) is 20.8 Å². The van der Waals surface area contributed by atoms with Crippen molar-refractivity contribution in [2.75, 3.05) is 25.9 Å². The van der Waals surface area contributed by atoms with E-state index in [1.54, 1.807) is 13.8 Å². The molecule has 0 saturated heterocycles. The lowest BCUT2D eigenvalue weighted by Crippen LogP contribution is -2.23. The smallest absolute Gasteiger partial charge is 0.349 e. The summed E-state index contributed by atoms with van der Waals surface area (Å²) in [7, 11) is -3.93. The molecule has 8 nitrogen and oxygen atoms in total. The van der Waals surface area contributed by atoms with Crippen LogP contribution in [0.3, 0.4) is 0 Å². The van der Waals surface area contributed by atoms with Crippen LogP contribution in [0.15, 0.2) is 33.4 Å². The summed E-state index contributed by atoms with van der Waals surface area (Å²) in [6.07, 6.45) is 0. The number of nitrogens with one attached hydrogen (secondary N) is 1. The predicted octanol–water partition coefficient (Wildman–Crippen LogP) is 2.20. The van der Waals surface area contributed by atoms with E-state index in [9.17, 15) is 21.6 Å². The van der Waals surface area contributed by atoms with Gasteiger partial charge in [0.25, 0.3) is 10.0 Å². The van der Waals surface area contributed by atoms with Crippen molar-refractivity contribution in [3.63, 3.8) is 0 Å². The highest BCUT2D eigenvalue weighted by Crippen LogP contribution is 2.29. The Kier molecular flexibility index (Phi) is 6.00.